The maximum atomic E-state index is 12.9. The Bertz CT molecular complexity index is 1530. The normalized spacial score (nSPS) is 12.0. The number of hydrogen-bond acceptors (Lipinski definition) is 5. The van der Waals surface area contributed by atoms with E-state index in [2.05, 4.69) is 37.0 Å². The molecule has 0 atom stereocenters. The molecular formula is C27H24N2O3S. The van der Waals surface area contributed by atoms with Crippen LogP contribution in [0.2, 0.25) is 0 Å². The Balaban J connectivity index is 1.21. The highest BCUT2D eigenvalue weighted by Gasteiger charge is 2.10. The summed E-state index contributed by atoms with van der Waals surface area (Å²) in [6.45, 7) is 5.30. The van der Waals surface area contributed by atoms with Gasteiger partial charge in [0.15, 0.2) is 4.96 Å². The van der Waals surface area contributed by atoms with E-state index in [1.165, 1.54) is 16.9 Å². The summed E-state index contributed by atoms with van der Waals surface area (Å²) in [4.78, 5) is 18.2. The highest BCUT2D eigenvalue weighted by Crippen LogP contribution is 2.20. The number of nitrogens with zero attached hydrogens (tertiary/aromatic N) is 2. The van der Waals surface area contributed by atoms with Gasteiger partial charge in [0.2, 0.25) is 0 Å². The van der Waals surface area contributed by atoms with Crippen molar-refractivity contribution in [1.82, 2.24) is 9.38 Å². The van der Waals surface area contributed by atoms with E-state index in [9.17, 15) is 4.79 Å². The SMILES string of the molecule is Cc1ccc(C)c(OCCCOc2ccc(C=c3sc4nc5ccccc5n4c3=O)cc2)c1. The number of rotatable bonds is 7. The van der Waals surface area contributed by atoms with Gasteiger partial charge in [0, 0.05) is 6.42 Å². The summed E-state index contributed by atoms with van der Waals surface area (Å²) in [5.74, 6) is 1.73. The molecule has 2 aromatic heterocycles. The van der Waals surface area contributed by atoms with Crippen molar-refractivity contribution >= 4 is 33.4 Å². The van der Waals surface area contributed by atoms with Crippen molar-refractivity contribution in [1.29, 1.82) is 0 Å². The molecule has 5 nitrogen and oxygen atoms in total. The van der Waals surface area contributed by atoms with Gasteiger partial charge in [-0.2, -0.15) is 0 Å². The third kappa shape index (κ3) is 4.47. The average Bonchev–Trinajstić information content (AvgIpc) is 3.33. The molecule has 6 heteroatoms. The van der Waals surface area contributed by atoms with E-state index >= 15 is 0 Å². The molecule has 2 heterocycles. The molecule has 0 unspecified atom stereocenters. The van der Waals surface area contributed by atoms with Crippen molar-refractivity contribution in [3.8, 4) is 11.5 Å². The van der Waals surface area contributed by atoms with Crippen LogP contribution in [-0.2, 0) is 0 Å². The lowest BCUT2D eigenvalue weighted by Gasteiger charge is -2.10. The second kappa shape index (κ2) is 9.08. The van der Waals surface area contributed by atoms with Crippen molar-refractivity contribution in [3.05, 3.63) is 98.3 Å². The third-order valence-electron chi connectivity index (χ3n) is 5.48. The largest absolute Gasteiger partial charge is 0.493 e. The molecule has 0 bridgehead atoms. The van der Waals surface area contributed by atoms with E-state index in [-0.39, 0.29) is 5.56 Å². The van der Waals surface area contributed by atoms with Gasteiger partial charge in [0.05, 0.1) is 28.8 Å². The van der Waals surface area contributed by atoms with E-state index in [1.54, 1.807) is 4.40 Å². The van der Waals surface area contributed by atoms with Gasteiger partial charge in [-0.05, 0) is 66.9 Å². The van der Waals surface area contributed by atoms with Crippen molar-refractivity contribution in [2.75, 3.05) is 13.2 Å². The predicted octanol–water partition coefficient (Wildman–Crippen LogP) is 4.92. The number of ether oxygens (including phenoxy) is 2. The minimum atomic E-state index is -0.0344. The first-order valence-corrected chi connectivity index (χ1v) is 11.7. The lowest BCUT2D eigenvalue weighted by molar-refractivity contribution is 0.246. The molecule has 33 heavy (non-hydrogen) atoms. The van der Waals surface area contributed by atoms with Gasteiger partial charge in [0.25, 0.3) is 5.56 Å². The first kappa shape index (κ1) is 21.2. The van der Waals surface area contributed by atoms with Gasteiger partial charge in [0.1, 0.15) is 11.5 Å². The van der Waals surface area contributed by atoms with E-state index in [4.69, 9.17) is 9.47 Å². The number of thiazole rings is 1. The number of para-hydroxylation sites is 2. The van der Waals surface area contributed by atoms with Gasteiger partial charge in [-0.1, -0.05) is 47.7 Å². The Morgan fingerprint density at radius 3 is 2.61 bits per heavy atom. The maximum absolute atomic E-state index is 12.9. The summed E-state index contributed by atoms with van der Waals surface area (Å²) in [6.07, 6.45) is 2.70. The van der Waals surface area contributed by atoms with Crippen LogP contribution in [0.15, 0.2) is 71.5 Å². The van der Waals surface area contributed by atoms with Crippen molar-refractivity contribution in [2.45, 2.75) is 20.3 Å². The van der Waals surface area contributed by atoms with Gasteiger partial charge in [-0.25, -0.2) is 9.38 Å². The first-order chi connectivity index (χ1) is 16.1. The zero-order valence-corrected chi connectivity index (χ0v) is 19.4. The molecule has 0 saturated carbocycles. The van der Waals surface area contributed by atoms with Gasteiger partial charge < -0.3 is 9.47 Å². The number of fused-ring (bicyclic) bond motifs is 3. The molecule has 0 aliphatic carbocycles. The minimum absolute atomic E-state index is 0.0344. The van der Waals surface area contributed by atoms with Crippen LogP contribution in [-0.4, -0.2) is 22.6 Å². The lowest BCUT2D eigenvalue weighted by Crippen LogP contribution is -2.22. The molecule has 0 spiro atoms. The first-order valence-electron chi connectivity index (χ1n) is 10.9. The number of aromatic nitrogens is 2. The van der Waals surface area contributed by atoms with Crippen LogP contribution in [0.3, 0.4) is 0 Å². The summed E-state index contributed by atoms with van der Waals surface area (Å²) in [7, 11) is 0. The van der Waals surface area contributed by atoms with E-state index < -0.39 is 0 Å². The number of aryl methyl sites for hydroxylation is 2. The molecule has 0 aliphatic rings. The molecule has 0 fully saturated rings. The Kier molecular flexibility index (Phi) is 5.84. The molecular weight excluding hydrogens is 432 g/mol. The molecule has 3 aromatic carbocycles. The topological polar surface area (TPSA) is 52.8 Å². The van der Waals surface area contributed by atoms with Crippen LogP contribution in [0, 0.1) is 13.8 Å². The Morgan fingerprint density at radius 1 is 0.970 bits per heavy atom. The quantitative estimate of drug-likeness (QED) is 0.326. The fraction of sp³-hybridized carbons (Fsp3) is 0.185. The zero-order valence-electron chi connectivity index (χ0n) is 18.6. The number of benzene rings is 3. The van der Waals surface area contributed by atoms with Crippen LogP contribution in [0.1, 0.15) is 23.1 Å². The summed E-state index contributed by atoms with van der Waals surface area (Å²) < 4.78 is 14.1. The highest BCUT2D eigenvalue weighted by molar-refractivity contribution is 7.15. The average molecular weight is 457 g/mol. The van der Waals surface area contributed by atoms with Crippen molar-refractivity contribution in [3.63, 3.8) is 0 Å². The van der Waals surface area contributed by atoms with Crippen LogP contribution >= 0.6 is 11.3 Å². The Hall–Kier alpha value is -3.64. The Labute approximate surface area is 195 Å². The second-order valence-corrected chi connectivity index (χ2v) is 9.03. The molecule has 5 aromatic rings. The van der Waals surface area contributed by atoms with E-state index in [0.717, 1.165) is 45.0 Å². The summed E-state index contributed by atoms with van der Waals surface area (Å²) in [5.41, 5.74) is 4.94. The molecule has 0 N–H and O–H groups in total. The molecule has 0 amide bonds. The fourth-order valence-corrected chi connectivity index (χ4v) is 4.70. The number of hydrogen-bond donors (Lipinski definition) is 0. The smallest absolute Gasteiger partial charge is 0.274 e. The Morgan fingerprint density at radius 2 is 1.76 bits per heavy atom. The molecule has 0 saturated heterocycles. The van der Waals surface area contributed by atoms with Crippen LogP contribution < -0.4 is 19.6 Å². The maximum Gasteiger partial charge on any atom is 0.274 e. The van der Waals surface area contributed by atoms with Gasteiger partial charge >= 0.3 is 0 Å². The minimum Gasteiger partial charge on any atom is -0.493 e. The highest BCUT2D eigenvalue weighted by atomic mass is 32.1. The summed E-state index contributed by atoms with van der Waals surface area (Å²) >= 11 is 1.41. The fourth-order valence-electron chi connectivity index (χ4n) is 3.72. The monoisotopic (exact) mass is 456 g/mol. The summed E-state index contributed by atoms with van der Waals surface area (Å²) in [6, 6.07) is 21.7. The van der Waals surface area contributed by atoms with Gasteiger partial charge in [-0.15, -0.1) is 0 Å². The predicted molar refractivity (Wildman–Crippen MR) is 134 cm³/mol. The summed E-state index contributed by atoms with van der Waals surface area (Å²) in [5, 5.41) is 0. The molecule has 0 radical (unpaired) electrons. The lowest BCUT2D eigenvalue weighted by atomic mass is 10.1. The zero-order chi connectivity index (χ0) is 22.8. The standard InChI is InChI=1S/C27H24N2O3S/c1-18-8-9-19(2)24(16-18)32-15-5-14-31-21-12-10-20(11-13-21)17-25-26(30)29-23-7-4-3-6-22(23)28-27(29)33-25/h3-4,6-13,16-17H,5,14-15H2,1-2H3. The number of imidazole rings is 1. The van der Waals surface area contributed by atoms with Crippen molar-refractivity contribution < 1.29 is 9.47 Å². The van der Waals surface area contributed by atoms with Crippen LogP contribution in [0.25, 0.3) is 22.1 Å². The van der Waals surface area contributed by atoms with Gasteiger partial charge in [-0.3, -0.25) is 4.79 Å². The third-order valence-corrected chi connectivity index (χ3v) is 6.45. The second-order valence-electron chi connectivity index (χ2n) is 8.02. The van der Waals surface area contributed by atoms with Crippen LogP contribution in [0.5, 0.6) is 11.5 Å². The van der Waals surface area contributed by atoms with E-state index in [0.29, 0.717) is 17.7 Å². The van der Waals surface area contributed by atoms with Crippen LogP contribution in [0.4, 0.5) is 0 Å². The van der Waals surface area contributed by atoms with Crippen molar-refractivity contribution in [2.24, 2.45) is 0 Å². The molecule has 5 rings (SSSR count). The van der Waals surface area contributed by atoms with E-state index in [1.807, 2.05) is 54.6 Å². The molecule has 0 aliphatic heterocycles. The molecule has 166 valence electrons.